The highest BCUT2D eigenvalue weighted by Crippen LogP contribution is 2.46. The number of allylic oxidation sites excluding steroid dienone is 4. The van der Waals surface area contributed by atoms with E-state index in [0.29, 0.717) is 23.3 Å². The van der Waals surface area contributed by atoms with E-state index in [0.717, 1.165) is 22.4 Å². The maximum Gasteiger partial charge on any atom is 0.158 e. The molecule has 0 aromatic heterocycles. The minimum Gasteiger partial charge on any atom is -0.476 e. The van der Waals surface area contributed by atoms with Gasteiger partial charge in [0.15, 0.2) is 11.4 Å². The molecule has 0 aliphatic carbocycles. The first kappa shape index (κ1) is 22.7. The molecule has 0 bridgehead atoms. The molecule has 1 unspecified atom stereocenters. The summed E-state index contributed by atoms with van der Waals surface area (Å²) in [4.78, 5) is 2.07. The average Bonchev–Trinajstić information content (AvgIpc) is 3.12. The number of benzene rings is 2. The molecule has 0 radical (unpaired) electrons. The molecule has 0 amide bonds. The lowest BCUT2D eigenvalue weighted by atomic mass is 9.86. The quantitative estimate of drug-likeness (QED) is 0.515. The number of nitriles is 2. The highest BCUT2D eigenvalue weighted by molar-refractivity contribution is 5.60. The van der Waals surface area contributed by atoms with Crippen LogP contribution in [0.25, 0.3) is 6.08 Å². The van der Waals surface area contributed by atoms with E-state index in [4.69, 9.17) is 4.74 Å². The molecule has 2 aromatic rings. The second kappa shape index (κ2) is 9.86. The Kier molecular flexibility index (Phi) is 6.98. The Morgan fingerprint density at radius 2 is 1.66 bits per heavy atom. The lowest BCUT2D eigenvalue weighted by molar-refractivity contribution is 0.0749. The maximum atomic E-state index is 9.86. The fraction of sp³-hybridized carbons (Fsp3) is 0.214. The van der Waals surface area contributed by atoms with Crippen LogP contribution < -0.4 is 4.90 Å². The van der Waals surface area contributed by atoms with E-state index < -0.39 is 5.60 Å². The highest BCUT2D eigenvalue weighted by atomic mass is 16.5. The Labute approximate surface area is 190 Å². The maximum absolute atomic E-state index is 9.86. The number of nitrogens with zero attached hydrogens (tertiary/aromatic N) is 3. The molecular formula is C28H27N3O. The lowest BCUT2D eigenvalue weighted by Gasteiger charge is -2.27. The van der Waals surface area contributed by atoms with Crippen LogP contribution in [0.2, 0.25) is 0 Å². The van der Waals surface area contributed by atoms with E-state index in [1.165, 1.54) is 0 Å². The van der Waals surface area contributed by atoms with Crippen molar-refractivity contribution in [2.24, 2.45) is 0 Å². The molecule has 0 saturated heterocycles. The largest absolute Gasteiger partial charge is 0.476 e. The number of hydrogen-bond acceptors (Lipinski definition) is 4. The van der Waals surface area contributed by atoms with Gasteiger partial charge < -0.3 is 9.64 Å². The van der Waals surface area contributed by atoms with Gasteiger partial charge in [-0.2, -0.15) is 10.5 Å². The van der Waals surface area contributed by atoms with Crippen LogP contribution in [-0.4, -0.2) is 14.1 Å². The summed E-state index contributed by atoms with van der Waals surface area (Å²) in [5.74, 6) is 0.359. The zero-order valence-corrected chi connectivity index (χ0v) is 19.0. The molecule has 1 atom stereocenters. The summed E-state index contributed by atoms with van der Waals surface area (Å²) < 4.78 is 6.25. The SMILES string of the molecule is C/C(C#N)=C1\OC(C)(c2ccccc2)C(/C=C/C/C=C/c2ccc(N(C)C)cc2)=C1C#N. The van der Waals surface area contributed by atoms with Crippen LogP contribution >= 0.6 is 0 Å². The molecule has 4 heteroatoms. The predicted molar refractivity (Wildman–Crippen MR) is 129 cm³/mol. The van der Waals surface area contributed by atoms with Gasteiger partial charge in [0.25, 0.3) is 0 Å². The number of ether oxygens (including phenoxy) is 1. The van der Waals surface area contributed by atoms with Crippen LogP contribution in [0.15, 0.2) is 95.3 Å². The van der Waals surface area contributed by atoms with Crippen molar-refractivity contribution in [3.63, 3.8) is 0 Å². The van der Waals surface area contributed by atoms with E-state index in [2.05, 4.69) is 53.5 Å². The van der Waals surface area contributed by atoms with Crippen LogP contribution in [0.1, 0.15) is 31.4 Å². The molecule has 1 aliphatic heterocycles. The fourth-order valence-corrected chi connectivity index (χ4v) is 3.66. The average molecular weight is 422 g/mol. The summed E-state index contributed by atoms with van der Waals surface area (Å²) in [6.07, 6.45) is 8.84. The Bertz CT molecular complexity index is 1170. The van der Waals surface area contributed by atoms with E-state index in [1.807, 2.05) is 63.5 Å². The summed E-state index contributed by atoms with van der Waals surface area (Å²) >= 11 is 0. The molecule has 2 aromatic carbocycles. The first-order chi connectivity index (χ1) is 15.4. The minimum absolute atomic E-state index is 0.359. The van der Waals surface area contributed by atoms with Crippen molar-refractivity contribution in [1.29, 1.82) is 10.5 Å². The molecule has 0 N–H and O–H groups in total. The molecular weight excluding hydrogens is 394 g/mol. The van der Waals surface area contributed by atoms with Crippen molar-refractivity contribution in [3.05, 3.63) is 106 Å². The third-order valence-corrected chi connectivity index (χ3v) is 5.54. The first-order valence-electron chi connectivity index (χ1n) is 10.5. The molecule has 1 aliphatic rings. The van der Waals surface area contributed by atoms with Gasteiger partial charge in [-0.25, -0.2) is 0 Å². The zero-order valence-electron chi connectivity index (χ0n) is 19.0. The third kappa shape index (κ3) is 4.66. The van der Waals surface area contributed by atoms with Crippen molar-refractivity contribution < 1.29 is 4.74 Å². The van der Waals surface area contributed by atoms with Gasteiger partial charge in [-0.05, 0) is 43.5 Å². The van der Waals surface area contributed by atoms with Gasteiger partial charge in [0, 0.05) is 25.4 Å². The summed E-state index contributed by atoms with van der Waals surface area (Å²) in [6.45, 7) is 3.62. The van der Waals surface area contributed by atoms with Gasteiger partial charge in [-0.15, -0.1) is 0 Å². The fourth-order valence-electron chi connectivity index (χ4n) is 3.66. The molecule has 0 spiro atoms. The second-order valence-corrected chi connectivity index (χ2v) is 7.99. The molecule has 160 valence electrons. The van der Waals surface area contributed by atoms with Crippen molar-refractivity contribution in [1.82, 2.24) is 0 Å². The lowest BCUT2D eigenvalue weighted by Crippen LogP contribution is -2.23. The van der Waals surface area contributed by atoms with E-state index in [1.54, 1.807) is 6.92 Å². The van der Waals surface area contributed by atoms with E-state index in [9.17, 15) is 10.5 Å². The van der Waals surface area contributed by atoms with Gasteiger partial charge in [-0.1, -0.05) is 66.8 Å². The van der Waals surface area contributed by atoms with Crippen molar-refractivity contribution in [2.75, 3.05) is 19.0 Å². The molecule has 1 heterocycles. The molecule has 3 rings (SSSR count). The number of anilines is 1. The Balaban J connectivity index is 1.87. The molecule has 0 fully saturated rings. The van der Waals surface area contributed by atoms with Crippen LogP contribution in [0.4, 0.5) is 5.69 Å². The number of rotatable bonds is 6. The standard InChI is InChI=1S/C28H27N3O/c1-21(19-29)27-25(20-30)26(28(2,32-27)23-12-8-6-9-13-23)14-10-5-7-11-22-15-17-24(18-16-22)31(3)4/h6-18H,5H2,1-4H3/b11-7+,14-10+,27-21+. The van der Waals surface area contributed by atoms with Crippen molar-refractivity contribution in [2.45, 2.75) is 25.9 Å². The van der Waals surface area contributed by atoms with Gasteiger partial charge in [-0.3, -0.25) is 0 Å². The predicted octanol–water partition coefficient (Wildman–Crippen LogP) is 6.28. The highest BCUT2D eigenvalue weighted by Gasteiger charge is 2.42. The summed E-state index contributed by atoms with van der Waals surface area (Å²) in [5.41, 5.74) is 3.97. The normalized spacial score (nSPS) is 19.7. The summed E-state index contributed by atoms with van der Waals surface area (Å²) in [7, 11) is 4.04. The minimum atomic E-state index is -0.831. The van der Waals surface area contributed by atoms with Crippen LogP contribution in [0.3, 0.4) is 0 Å². The molecule has 32 heavy (non-hydrogen) atoms. The Hall–Kier alpha value is -4.02. The summed E-state index contributed by atoms with van der Waals surface area (Å²) in [5, 5.41) is 19.2. The summed E-state index contributed by atoms with van der Waals surface area (Å²) in [6, 6.07) is 22.5. The third-order valence-electron chi connectivity index (χ3n) is 5.54. The second-order valence-electron chi connectivity index (χ2n) is 7.99. The van der Waals surface area contributed by atoms with Gasteiger partial charge >= 0.3 is 0 Å². The Morgan fingerprint density at radius 1 is 1.00 bits per heavy atom. The van der Waals surface area contributed by atoms with Crippen LogP contribution in [-0.2, 0) is 10.3 Å². The van der Waals surface area contributed by atoms with Gasteiger partial charge in [0.1, 0.15) is 11.6 Å². The zero-order chi connectivity index (χ0) is 23.1. The van der Waals surface area contributed by atoms with E-state index >= 15 is 0 Å². The topological polar surface area (TPSA) is 60.0 Å². The smallest absolute Gasteiger partial charge is 0.158 e. The molecule has 0 saturated carbocycles. The molecule has 4 nitrogen and oxygen atoms in total. The van der Waals surface area contributed by atoms with E-state index in [-0.39, 0.29) is 0 Å². The van der Waals surface area contributed by atoms with Crippen molar-refractivity contribution in [3.8, 4) is 12.1 Å². The number of hydrogen-bond donors (Lipinski definition) is 0. The van der Waals surface area contributed by atoms with Gasteiger partial charge in [0.2, 0.25) is 0 Å². The van der Waals surface area contributed by atoms with Crippen molar-refractivity contribution >= 4 is 11.8 Å². The van der Waals surface area contributed by atoms with Gasteiger partial charge in [0.05, 0.1) is 11.6 Å². The van der Waals surface area contributed by atoms with Crippen LogP contribution in [0, 0.1) is 22.7 Å². The monoisotopic (exact) mass is 421 g/mol. The van der Waals surface area contributed by atoms with Crippen LogP contribution in [0.5, 0.6) is 0 Å². The Morgan fingerprint density at radius 3 is 2.25 bits per heavy atom. The first-order valence-corrected chi connectivity index (χ1v) is 10.5.